The zero-order valence-electron chi connectivity index (χ0n) is 10.4. The summed E-state index contributed by atoms with van der Waals surface area (Å²) in [7, 11) is 1.91. The normalized spacial score (nSPS) is 16.9. The van der Waals surface area contributed by atoms with Crippen molar-refractivity contribution < 1.29 is 0 Å². The van der Waals surface area contributed by atoms with E-state index in [1.54, 1.807) is 0 Å². The molecule has 0 bridgehead atoms. The van der Waals surface area contributed by atoms with Crippen molar-refractivity contribution >= 4 is 17.4 Å². The van der Waals surface area contributed by atoms with Crippen LogP contribution >= 0.6 is 11.6 Å². The molecule has 1 saturated heterocycles. The van der Waals surface area contributed by atoms with E-state index in [9.17, 15) is 0 Å². The first-order valence-corrected chi connectivity index (χ1v) is 6.74. The summed E-state index contributed by atoms with van der Waals surface area (Å²) >= 11 is 6.13. The van der Waals surface area contributed by atoms with Crippen molar-refractivity contribution in [3.05, 3.63) is 22.8 Å². The number of nitrogens with zero attached hydrogens (tertiary/aromatic N) is 2. The van der Waals surface area contributed by atoms with Crippen molar-refractivity contribution in [3.63, 3.8) is 0 Å². The van der Waals surface area contributed by atoms with E-state index in [1.165, 1.54) is 25.7 Å². The topological polar surface area (TPSA) is 28.2 Å². The van der Waals surface area contributed by atoms with Gasteiger partial charge in [-0.25, -0.2) is 4.98 Å². The summed E-state index contributed by atoms with van der Waals surface area (Å²) in [4.78, 5) is 7.04. The quantitative estimate of drug-likeness (QED) is 0.898. The van der Waals surface area contributed by atoms with Gasteiger partial charge in [-0.3, -0.25) is 0 Å². The van der Waals surface area contributed by atoms with E-state index in [-0.39, 0.29) is 0 Å². The Bertz CT molecular complexity index is 360. The zero-order chi connectivity index (χ0) is 12.1. The van der Waals surface area contributed by atoms with Gasteiger partial charge in [0.05, 0.1) is 10.7 Å². The Morgan fingerprint density at radius 3 is 2.59 bits per heavy atom. The maximum Gasteiger partial charge on any atom is 0.128 e. The number of pyridine rings is 1. The first kappa shape index (κ1) is 12.7. The van der Waals surface area contributed by atoms with Gasteiger partial charge >= 0.3 is 0 Å². The van der Waals surface area contributed by atoms with Gasteiger partial charge in [-0.2, -0.15) is 0 Å². The molecule has 0 atom stereocenters. The lowest BCUT2D eigenvalue weighted by Crippen LogP contribution is -2.25. The van der Waals surface area contributed by atoms with Crippen LogP contribution in [0.3, 0.4) is 0 Å². The van der Waals surface area contributed by atoms with Gasteiger partial charge in [-0.15, -0.1) is 0 Å². The molecule has 1 aliphatic heterocycles. The predicted octanol–water partition coefficient (Wildman–Crippen LogP) is 2.83. The molecule has 1 aromatic rings. The molecule has 0 aliphatic carbocycles. The molecule has 94 valence electrons. The maximum atomic E-state index is 6.13. The van der Waals surface area contributed by atoms with Crippen LogP contribution in [-0.4, -0.2) is 25.1 Å². The summed E-state index contributed by atoms with van der Waals surface area (Å²) in [6.45, 7) is 2.96. The fourth-order valence-electron chi connectivity index (χ4n) is 2.24. The number of nitrogens with one attached hydrogen (secondary N) is 1. The van der Waals surface area contributed by atoms with E-state index in [4.69, 9.17) is 11.6 Å². The first-order valence-electron chi connectivity index (χ1n) is 6.36. The highest BCUT2D eigenvalue weighted by atomic mass is 35.5. The largest absolute Gasteiger partial charge is 0.357 e. The Balaban J connectivity index is 2.16. The van der Waals surface area contributed by atoms with Crippen LogP contribution in [0.15, 0.2) is 12.1 Å². The average Bonchev–Trinajstić information content (AvgIpc) is 2.61. The van der Waals surface area contributed by atoms with Crippen LogP contribution in [0.2, 0.25) is 5.02 Å². The van der Waals surface area contributed by atoms with E-state index < -0.39 is 0 Å². The first-order chi connectivity index (χ1) is 8.31. The Morgan fingerprint density at radius 1 is 1.24 bits per heavy atom. The molecule has 0 saturated carbocycles. The Morgan fingerprint density at radius 2 is 1.94 bits per heavy atom. The standard InChI is InChI=1S/C13H20ClN3/c1-15-10-12-11(14)6-7-13(16-12)17-8-4-2-3-5-9-17/h6-7,15H,2-5,8-10H2,1H3. The number of aromatic nitrogens is 1. The smallest absolute Gasteiger partial charge is 0.128 e. The molecule has 1 aromatic heterocycles. The molecule has 0 unspecified atom stereocenters. The molecular formula is C13H20ClN3. The summed E-state index contributed by atoms with van der Waals surface area (Å²) in [5, 5.41) is 3.85. The number of hydrogen-bond donors (Lipinski definition) is 1. The fraction of sp³-hybridized carbons (Fsp3) is 0.615. The Labute approximate surface area is 108 Å². The molecular weight excluding hydrogens is 234 g/mol. The lowest BCUT2D eigenvalue weighted by Gasteiger charge is -2.22. The van der Waals surface area contributed by atoms with Gasteiger partial charge in [0.15, 0.2) is 0 Å². The van der Waals surface area contributed by atoms with Crippen molar-refractivity contribution in [3.8, 4) is 0 Å². The van der Waals surface area contributed by atoms with Crippen molar-refractivity contribution in [1.29, 1.82) is 0 Å². The van der Waals surface area contributed by atoms with Crippen LogP contribution in [-0.2, 0) is 6.54 Å². The summed E-state index contributed by atoms with van der Waals surface area (Å²) in [6.07, 6.45) is 5.22. The van der Waals surface area contributed by atoms with Crippen LogP contribution in [0.5, 0.6) is 0 Å². The highest BCUT2D eigenvalue weighted by Crippen LogP contribution is 2.21. The van der Waals surface area contributed by atoms with Gasteiger partial charge < -0.3 is 10.2 Å². The summed E-state index contributed by atoms with van der Waals surface area (Å²) < 4.78 is 0. The number of anilines is 1. The SMILES string of the molecule is CNCc1nc(N2CCCCCC2)ccc1Cl. The highest BCUT2D eigenvalue weighted by molar-refractivity contribution is 6.31. The van der Waals surface area contributed by atoms with Crippen LogP contribution in [0.4, 0.5) is 5.82 Å². The zero-order valence-corrected chi connectivity index (χ0v) is 11.1. The lowest BCUT2D eigenvalue weighted by atomic mass is 10.2. The van der Waals surface area contributed by atoms with Crippen LogP contribution < -0.4 is 10.2 Å². The monoisotopic (exact) mass is 253 g/mol. The third-order valence-corrected chi connectivity index (χ3v) is 3.52. The third kappa shape index (κ3) is 3.33. The average molecular weight is 254 g/mol. The molecule has 0 spiro atoms. The van der Waals surface area contributed by atoms with E-state index in [1.807, 2.05) is 19.2 Å². The van der Waals surface area contributed by atoms with Gasteiger partial charge in [0.1, 0.15) is 5.82 Å². The van der Waals surface area contributed by atoms with Crippen LogP contribution in [0.1, 0.15) is 31.4 Å². The van der Waals surface area contributed by atoms with E-state index in [0.29, 0.717) is 0 Å². The number of hydrogen-bond acceptors (Lipinski definition) is 3. The fourth-order valence-corrected chi connectivity index (χ4v) is 2.41. The lowest BCUT2D eigenvalue weighted by molar-refractivity contribution is 0.726. The van der Waals surface area contributed by atoms with Gasteiger partial charge in [0.2, 0.25) is 0 Å². The van der Waals surface area contributed by atoms with E-state index in [2.05, 4.69) is 15.2 Å². The summed E-state index contributed by atoms with van der Waals surface area (Å²) in [5.74, 6) is 1.07. The molecule has 0 aromatic carbocycles. The van der Waals surface area contributed by atoms with Crippen LogP contribution in [0, 0.1) is 0 Å². The minimum Gasteiger partial charge on any atom is -0.357 e. The second-order valence-corrected chi connectivity index (χ2v) is 4.94. The van der Waals surface area contributed by atoms with Crippen molar-refractivity contribution in [2.45, 2.75) is 32.2 Å². The highest BCUT2D eigenvalue weighted by Gasteiger charge is 2.12. The molecule has 4 heteroatoms. The van der Waals surface area contributed by atoms with Crippen molar-refractivity contribution in [1.82, 2.24) is 10.3 Å². The molecule has 17 heavy (non-hydrogen) atoms. The maximum absolute atomic E-state index is 6.13. The molecule has 0 amide bonds. The van der Waals surface area contributed by atoms with Crippen LogP contribution in [0.25, 0.3) is 0 Å². The molecule has 2 rings (SSSR count). The molecule has 0 radical (unpaired) electrons. The number of halogens is 1. The Kier molecular flexibility index (Phi) is 4.63. The molecule has 2 heterocycles. The van der Waals surface area contributed by atoms with Gasteiger partial charge in [-0.1, -0.05) is 24.4 Å². The van der Waals surface area contributed by atoms with Gasteiger partial charge in [-0.05, 0) is 32.0 Å². The second kappa shape index (κ2) is 6.22. The predicted molar refractivity (Wildman–Crippen MR) is 72.7 cm³/mol. The molecule has 1 fully saturated rings. The van der Waals surface area contributed by atoms with Gasteiger partial charge in [0.25, 0.3) is 0 Å². The number of rotatable bonds is 3. The molecule has 3 nitrogen and oxygen atoms in total. The second-order valence-electron chi connectivity index (χ2n) is 4.53. The summed E-state index contributed by atoms with van der Waals surface area (Å²) in [6, 6.07) is 3.99. The van der Waals surface area contributed by atoms with E-state index in [0.717, 1.165) is 36.2 Å². The van der Waals surface area contributed by atoms with Gasteiger partial charge in [0, 0.05) is 19.6 Å². The Hall–Kier alpha value is -0.800. The molecule has 1 aliphatic rings. The molecule has 1 N–H and O–H groups in total. The minimum atomic E-state index is 0.723. The van der Waals surface area contributed by atoms with Crippen molar-refractivity contribution in [2.24, 2.45) is 0 Å². The minimum absolute atomic E-state index is 0.723. The van der Waals surface area contributed by atoms with Crippen molar-refractivity contribution in [2.75, 3.05) is 25.0 Å². The van der Waals surface area contributed by atoms with E-state index >= 15 is 0 Å². The third-order valence-electron chi connectivity index (χ3n) is 3.18. The summed E-state index contributed by atoms with van der Waals surface area (Å²) in [5.41, 5.74) is 0.941.